The zero-order valence-corrected chi connectivity index (χ0v) is 20.6. The second-order valence-corrected chi connectivity index (χ2v) is 10.3. The summed E-state index contributed by atoms with van der Waals surface area (Å²) in [6.45, 7) is 3.53. The molecule has 1 aromatic heterocycles. The maximum atomic E-state index is 13.2. The summed E-state index contributed by atoms with van der Waals surface area (Å²) >= 11 is 6.60. The summed E-state index contributed by atoms with van der Waals surface area (Å²) < 4.78 is 6.13. The van der Waals surface area contributed by atoms with Gasteiger partial charge in [0.25, 0.3) is 5.91 Å². The van der Waals surface area contributed by atoms with E-state index in [2.05, 4.69) is 15.2 Å². The number of pyridine rings is 1. The molecule has 5 rings (SSSR count). The van der Waals surface area contributed by atoms with Gasteiger partial charge in [0.2, 0.25) is 5.91 Å². The van der Waals surface area contributed by atoms with Crippen molar-refractivity contribution in [1.29, 1.82) is 0 Å². The van der Waals surface area contributed by atoms with Crippen LogP contribution in [-0.2, 0) is 4.79 Å². The van der Waals surface area contributed by atoms with Gasteiger partial charge in [-0.05, 0) is 63.1 Å². The van der Waals surface area contributed by atoms with Crippen molar-refractivity contribution in [3.63, 3.8) is 0 Å². The van der Waals surface area contributed by atoms with Crippen LogP contribution in [-0.4, -0.2) is 40.5 Å². The first-order valence-corrected chi connectivity index (χ1v) is 12.3. The summed E-state index contributed by atoms with van der Waals surface area (Å²) in [5.74, 6) is 0.694. The second-order valence-electron chi connectivity index (χ2n) is 9.91. The molecule has 0 aliphatic carbocycles. The molecular formula is C27H29ClN4O3. The van der Waals surface area contributed by atoms with E-state index in [1.54, 1.807) is 19.9 Å². The number of anilines is 1. The first-order valence-electron chi connectivity index (χ1n) is 11.9. The van der Waals surface area contributed by atoms with Gasteiger partial charge in [0.1, 0.15) is 11.6 Å². The van der Waals surface area contributed by atoms with Crippen molar-refractivity contribution in [2.45, 2.75) is 63.3 Å². The Bertz CT molecular complexity index is 1260. The van der Waals surface area contributed by atoms with Crippen molar-refractivity contribution in [3.05, 3.63) is 65.3 Å². The Kier molecular flexibility index (Phi) is 6.05. The van der Waals surface area contributed by atoms with Crippen molar-refractivity contribution in [3.8, 4) is 5.75 Å². The van der Waals surface area contributed by atoms with E-state index in [4.69, 9.17) is 22.1 Å². The average Bonchev–Trinajstić information content (AvgIpc) is 3.11. The Morgan fingerprint density at radius 1 is 1.09 bits per heavy atom. The molecule has 2 aliphatic heterocycles. The fourth-order valence-electron chi connectivity index (χ4n) is 5.33. The molecule has 2 fully saturated rings. The minimum atomic E-state index is -1.09. The molecule has 2 saturated heterocycles. The molecule has 8 heteroatoms. The van der Waals surface area contributed by atoms with Crippen LogP contribution in [0.1, 0.15) is 49.9 Å². The Labute approximate surface area is 209 Å². The van der Waals surface area contributed by atoms with Crippen molar-refractivity contribution in [2.75, 3.05) is 4.90 Å². The highest BCUT2D eigenvalue weighted by Crippen LogP contribution is 2.39. The molecule has 3 atom stereocenters. The van der Waals surface area contributed by atoms with Gasteiger partial charge in [0.05, 0.1) is 10.6 Å². The number of fused-ring (bicyclic) bond motifs is 3. The number of halogens is 1. The fourth-order valence-corrected chi connectivity index (χ4v) is 5.60. The number of hydrogen-bond donors (Lipinski definition) is 2. The zero-order valence-electron chi connectivity index (χ0n) is 19.8. The van der Waals surface area contributed by atoms with E-state index in [0.29, 0.717) is 16.3 Å². The summed E-state index contributed by atoms with van der Waals surface area (Å²) in [4.78, 5) is 31.4. The molecule has 0 unspecified atom stereocenters. The van der Waals surface area contributed by atoms with E-state index in [1.165, 1.54) is 6.20 Å². The summed E-state index contributed by atoms with van der Waals surface area (Å²) in [5, 5.41) is 5.64. The Morgan fingerprint density at radius 3 is 2.46 bits per heavy atom. The van der Waals surface area contributed by atoms with Crippen LogP contribution in [0.2, 0.25) is 5.02 Å². The number of carbonyl (C=O) groups is 2. The molecule has 2 amide bonds. The number of nitrogens with zero attached hydrogens (tertiary/aromatic N) is 2. The van der Waals surface area contributed by atoms with Crippen LogP contribution in [0.3, 0.4) is 0 Å². The number of rotatable bonds is 6. The highest BCUT2D eigenvalue weighted by Gasteiger charge is 2.43. The minimum Gasteiger partial charge on any atom is -0.476 e. The average molecular weight is 493 g/mol. The van der Waals surface area contributed by atoms with E-state index in [-0.39, 0.29) is 24.0 Å². The predicted molar refractivity (Wildman–Crippen MR) is 137 cm³/mol. The third kappa shape index (κ3) is 4.52. The zero-order chi connectivity index (χ0) is 24.7. The number of amides is 2. The van der Waals surface area contributed by atoms with Gasteiger partial charge < -0.3 is 20.7 Å². The molecular weight excluding hydrogens is 464 g/mol. The summed E-state index contributed by atoms with van der Waals surface area (Å²) in [6.07, 6.45) is 5.27. The quantitative estimate of drug-likeness (QED) is 0.529. The maximum absolute atomic E-state index is 13.2. The Balaban J connectivity index is 1.25. The highest BCUT2D eigenvalue weighted by atomic mass is 35.5. The first kappa shape index (κ1) is 23.4. The molecule has 7 nitrogen and oxygen atoms in total. The molecule has 0 saturated carbocycles. The highest BCUT2D eigenvalue weighted by molar-refractivity contribution is 6.37. The normalized spacial score (nSPS) is 21.7. The molecule has 182 valence electrons. The van der Waals surface area contributed by atoms with Crippen LogP contribution in [0, 0.1) is 0 Å². The van der Waals surface area contributed by atoms with Gasteiger partial charge in [0.15, 0.2) is 5.60 Å². The third-order valence-electron chi connectivity index (χ3n) is 7.11. The van der Waals surface area contributed by atoms with Crippen molar-refractivity contribution in [1.82, 2.24) is 10.3 Å². The number of nitrogens with two attached hydrogens (primary N) is 1. The van der Waals surface area contributed by atoms with Gasteiger partial charge in [-0.15, -0.1) is 0 Å². The molecule has 2 aromatic carbocycles. The van der Waals surface area contributed by atoms with Crippen LogP contribution in [0.5, 0.6) is 5.75 Å². The van der Waals surface area contributed by atoms with Gasteiger partial charge in [-0.25, -0.2) is 4.98 Å². The van der Waals surface area contributed by atoms with Crippen LogP contribution in [0.15, 0.2) is 54.7 Å². The van der Waals surface area contributed by atoms with E-state index in [9.17, 15) is 9.59 Å². The van der Waals surface area contributed by atoms with Crippen LogP contribution >= 0.6 is 11.6 Å². The lowest BCUT2D eigenvalue weighted by molar-refractivity contribution is -0.135. The molecule has 0 spiro atoms. The lowest BCUT2D eigenvalue weighted by atomic mass is 9.96. The topological polar surface area (TPSA) is 97.5 Å². The van der Waals surface area contributed by atoms with Gasteiger partial charge in [-0.3, -0.25) is 9.59 Å². The molecule has 2 bridgehead atoms. The molecule has 3 heterocycles. The third-order valence-corrected chi connectivity index (χ3v) is 7.49. The number of benzene rings is 2. The molecule has 2 aliphatic rings. The predicted octanol–water partition coefficient (Wildman–Crippen LogP) is 4.46. The first-order chi connectivity index (χ1) is 16.7. The number of aromatic nitrogens is 1. The monoisotopic (exact) mass is 492 g/mol. The largest absolute Gasteiger partial charge is 0.476 e. The number of primary amides is 1. The lowest BCUT2D eigenvalue weighted by Crippen LogP contribution is -2.55. The number of piperidine rings is 1. The fraction of sp³-hybridized carbons (Fsp3) is 0.370. The number of ether oxygens (including phenoxy) is 1. The van der Waals surface area contributed by atoms with Gasteiger partial charge >= 0.3 is 0 Å². The van der Waals surface area contributed by atoms with E-state index in [1.807, 2.05) is 42.5 Å². The van der Waals surface area contributed by atoms with Crippen molar-refractivity contribution in [2.24, 2.45) is 5.73 Å². The van der Waals surface area contributed by atoms with Crippen LogP contribution in [0.4, 0.5) is 5.82 Å². The Hall–Kier alpha value is -3.32. The summed E-state index contributed by atoms with van der Waals surface area (Å²) in [5.41, 5.74) is 4.65. The van der Waals surface area contributed by atoms with Gasteiger partial charge in [-0.2, -0.15) is 0 Å². The van der Waals surface area contributed by atoms with E-state index in [0.717, 1.165) is 42.3 Å². The molecule has 35 heavy (non-hydrogen) atoms. The van der Waals surface area contributed by atoms with E-state index >= 15 is 0 Å². The van der Waals surface area contributed by atoms with Gasteiger partial charge in [0, 0.05) is 29.7 Å². The lowest BCUT2D eigenvalue weighted by Gasteiger charge is -2.40. The number of nitrogens with one attached hydrogen (secondary N) is 1. The maximum Gasteiger partial charge on any atom is 0.263 e. The van der Waals surface area contributed by atoms with Gasteiger partial charge in [-0.1, -0.05) is 41.9 Å². The number of hydrogen-bond acceptors (Lipinski definition) is 5. The molecule has 0 radical (unpaired) electrons. The number of carbonyl (C=O) groups excluding carboxylic acids is 2. The summed E-state index contributed by atoms with van der Waals surface area (Å²) in [7, 11) is 0. The van der Waals surface area contributed by atoms with Crippen LogP contribution in [0.25, 0.3) is 10.8 Å². The SMILES string of the molecule is CC(C)(Oc1ccc2ccccc2c1Cl)C(=O)N[C@H]1C[C@H]2CC[C@@H](C1)N2c1ccc(C(N)=O)cn1. The summed E-state index contributed by atoms with van der Waals surface area (Å²) in [6, 6.07) is 15.8. The standard InChI is InChI=1S/C27H29ClN4O3/c1-27(2,35-22-11-7-16-5-3-4-6-21(16)24(22)28)26(34)31-18-13-19-9-10-20(14-18)32(19)23-12-8-17(15-30-23)25(29)33/h3-8,11-12,15,18-20H,9-10,13-14H2,1-2H3,(H2,29,33)(H,31,34)/t18-,19+,20-. The van der Waals surface area contributed by atoms with Crippen molar-refractivity contribution < 1.29 is 14.3 Å². The van der Waals surface area contributed by atoms with E-state index < -0.39 is 11.5 Å². The van der Waals surface area contributed by atoms with Crippen LogP contribution < -0.4 is 20.7 Å². The van der Waals surface area contributed by atoms with Crippen molar-refractivity contribution >= 4 is 40.0 Å². The molecule has 3 N–H and O–H groups in total. The smallest absolute Gasteiger partial charge is 0.263 e. The molecule has 3 aromatic rings. The minimum absolute atomic E-state index is 0.0519. The Morgan fingerprint density at radius 2 is 1.80 bits per heavy atom. The second kappa shape index (κ2) is 9.04.